The highest BCUT2D eigenvalue weighted by molar-refractivity contribution is 5.78. The molecule has 1 saturated heterocycles. The normalized spacial score (nSPS) is 16.7. The number of nitrogens with zero attached hydrogens (tertiary/aromatic N) is 2. The van der Waals surface area contributed by atoms with E-state index in [1.165, 1.54) is 0 Å². The molecule has 0 aromatic heterocycles. The SMILES string of the molecule is C/C=C/c1ccc(OCC(O)CN2CCN(C(=O)C(C)C)CC2)c(OC)c1. The predicted molar refractivity (Wildman–Crippen MR) is 107 cm³/mol. The van der Waals surface area contributed by atoms with Gasteiger partial charge in [-0.05, 0) is 24.6 Å². The number of hydrogen-bond acceptors (Lipinski definition) is 5. The Bertz CT molecular complexity index is 637. The summed E-state index contributed by atoms with van der Waals surface area (Å²) in [6.45, 7) is 9.52. The van der Waals surface area contributed by atoms with Crippen LogP contribution in [0.5, 0.6) is 11.5 Å². The molecule has 1 amide bonds. The molecule has 6 nitrogen and oxygen atoms in total. The Morgan fingerprint density at radius 3 is 2.52 bits per heavy atom. The van der Waals surface area contributed by atoms with Crippen molar-refractivity contribution in [3.8, 4) is 11.5 Å². The van der Waals surface area contributed by atoms with Crippen LogP contribution in [0.25, 0.3) is 6.08 Å². The van der Waals surface area contributed by atoms with E-state index in [0.717, 1.165) is 18.7 Å². The molecule has 1 atom stereocenters. The number of methoxy groups -OCH3 is 1. The Labute approximate surface area is 162 Å². The number of piperazine rings is 1. The van der Waals surface area contributed by atoms with E-state index < -0.39 is 6.10 Å². The standard InChI is InChI=1S/C21H32N2O4/c1-5-6-17-7-8-19(20(13-17)26-4)27-15-18(24)14-22-9-11-23(12-10-22)21(25)16(2)3/h5-8,13,16,18,24H,9-12,14-15H2,1-4H3/b6-5+. The molecule has 27 heavy (non-hydrogen) atoms. The lowest BCUT2D eigenvalue weighted by atomic mass is 10.1. The monoisotopic (exact) mass is 376 g/mol. The highest BCUT2D eigenvalue weighted by Gasteiger charge is 2.24. The smallest absolute Gasteiger partial charge is 0.225 e. The minimum atomic E-state index is -0.600. The van der Waals surface area contributed by atoms with Crippen LogP contribution in [0.2, 0.25) is 0 Å². The van der Waals surface area contributed by atoms with Crippen molar-refractivity contribution in [2.45, 2.75) is 26.9 Å². The van der Waals surface area contributed by atoms with E-state index in [0.29, 0.717) is 31.1 Å². The molecule has 1 aliphatic rings. The maximum Gasteiger partial charge on any atom is 0.225 e. The van der Waals surface area contributed by atoms with Crippen LogP contribution in [0, 0.1) is 5.92 Å². The fourth-order valence-corrected chi connectivity index (χ4v) is 3.15. The van der Waals surface area contributed by atoms with Crippen molar-refractivity contribution in [3.63, 3.8) is 0 Å². The molecule has 6 heteroatoms. The van der Waals surface area contributed by atoms with Gasteiger partial charge in [0.25, 0.3) is 0 Å². The molecule has 2 rings (SSSR count). The average molecular weight is 376 g/mol. The molecule has 1 N–H and O–H groups in total. The Morgan fingerprint density at radius 2 is 1.93 bits per heavy atom. The van der Waals surface area contributed by atoms with E-state index in [1.807, 2.05) is 56.0 Å². The first-order valence-electron chi connectivity index (χ1n) is 9.57. The van der Waals surface area contributed by atoms with Crippen LogP contribution in [0.15, 0.2) is 24.3 Å². The third-order valence-corrected chi connectivity index (χ3v) is 4.62. The second kappa shape index (κ2) is 10.3. The Morgan fingerprint density at radius 1 is 1.22 bits per heavy atom. The maximum absolute atomic E-state index is 12.0. The molecule has 1 unspecified atom stereocenters. The van der Waals surface area contributed by atoms with Gasteiger partial charge in [-0.2, -0.15) is 0 Å². The Balaban J connectivity index is 1.80. The van der Waals surface area contributed by atoms with Gasteiger partial charge in [0.1, 0.15) is 12.7 Å². The number of amides is 1. The number of carbonyl (C=O) groups is 1. The average Bonchev–Trinajstić information content (AvgIpc) is 2.67. The van der Waals surface area contributed by atoms with Crippen molar-refractivity contribution in [1.29, 1.82) is 0 Å². The summed E-state index contributed by atoms with van der Waals surface area (Å²) in [6, 6.07) is 5.72. The summed E-state index contributed by atoms with van der Waals surface area (Å²) in [4.78, 5) is 16.1. The van der Waals surface area contributed by atoms with Crippen LogP contribution in [-0.2, 0) is 4.79 Å². The number of β-amino-alcohol motifs (C(OH)–C–C–N with tert-alkyl or cyclic N) is 1. The molecule has 1 aromatic carbocycles. The molecule has 1 fully saturated rings. The summed E-state index contributed by atoms with van der Waals surface area (Å²) in [5, 5.41) is 10.3. The molecule has 1 aliphatic heterocycles. The van der Waals surface area contributed by atoms with Gasteiger partial charge in [-0.1, -0.05) is 32.1 Å². The second-order valence-electron chi connectivity index (χ2n) is 7.16. The predicted octanol–water partition coefficient (Wildman–Crippen LogP) is 2.27. The number of aliphatic hydroxyl groups is 1. The maximum atomic E-state index is 12.0. The fourth-order valence-electron chi connectivity index (χ4n) is 3.15. The van der Waals surface area contributed by atoms with Crippen LogP contribution in [0.1, 0.15) is 26.3 Å². The van der Waals surface area contributed by atoms with Gasteiger partial charge in [0, 0.05) is 38.6 Å². The molecule has 0 bridgehead atoms. The first kappa shape index (κ1) is 21.3. The van der Waals surface area contributed by atoms with Crippen LogP contribution < -0.4 is 9.47 Å². The largest absolute Gasteiger partial charge is 0.493 e. The number of benzene rings is 1. The summed E-state index contributed by atoms with van der Waals surface area (Å²) in [7, 11) is 1.61. The van der Waals surface area contributed by atoms with E-state index in [1.54, 1.807) is 7.11 Å². The highest BCUT2D eigenvalue weighted by atomic mass is 16.5. The molecule has 0 saturated carbocycles. The Hall–Kier alpha value is -2.05. The fraction of sp³-hybridized carbons (Fsp3) is 0.571. The minimum Gasteiger partial charge on any atom is -0.493 e. The third-order valence-electron chi connectivity index (χ3n) is 4.62. The number of allylic oxidation sites excluding steroid dienone is 1. The van der Waals surface area contributed by atoms with E-state index in [9.17, 15) is 9.90 Å². The van der Waals surface area contributed by atoms with Gasteiger partial charge in [0.2, 0.25) is 5.91 Å². The summed E-state index contributed by atoms with van der Waals surface area (Å²) >= 11 is 0. The third kappa shape index (κ3) is 6.26. The topological polar surface area (TPSA) is 62.2 Å². The van der Waals surface area contributed by atoms with E-state index in [-0.39, 0.29) is 18.4 Å². The molecule has 0 spiro atoms. The number of hydrogen-bond donors (Lipinski definition) is 1. The van der Waals surface area contributed by atoms with Crippen LogP contribution >= 0.6 is 0 Å². The van der Waals surface area contributed by atoms with Crippen molar-refractivity contribution in [3.05, 3.63) is 29.8 Å². The van der Waals surface area contributed by atoms with Gasteiger partial charge in [-0.25, -0.2) is 0 Å². The molecule has 1 aromatic rings. The van der Waals surface area contributed by atoms with Gasteiger partial charge in [0.05, 0.1) is 7.11 Å². The lowest BCUT2D eigenvalue weighted by Gasteiger charge is -2.36. The van der Waals surface area contributed by atoms with E-state index in [4.69, 9.17) is 9.47 Å². The van der Waals surface area contributed by atoms with Gasteiger partial charge in [-0.15, -0.1) is 0 Å². The van der Waals surface area contributed by atoms with Crippen LogP contribution in [0.4, 0.5) is 0 Å². The number of carbonyl (C=O) groups excluding carboxylic acids is 1. The molecular weight excluding hydrogens is 344 g/mol. The zero-order valence-electron chi connectivity index (χ0n) is 16.9. The number of ether oxygens (including phenoxy) is 2. The number of aliphatic hydroxyl groups excluding tert-OH is 1. The highest BCUT2D eigenvalue weighted by Crippen LogP contribution is 2.28. The quantitative estimate of drug-likeness (QED) is 0.754. The molecule has 1 heterocycles. The van der Waals surface area contributed by atoms with Crippen molar-refractivity contribution < 1.29 is 19.4 Å². The lowest BCUT2D eigenvalue weighted by Crippen LogP contribution is -2.51. The first-order chi connectivity index (χ1) is 12.9. The van der Waals surface area contributed by atoms with Crippen molar-refractivity contribution in [2.75, 3.05) is 46.4 Å². The zero-order valence-corrected chi connectivity index (χ0v) is 16.9. The van der Waals surface area contributed by atoms with Gasteiger partial charge in [-0.3, -0.25) is 9.69 Å². The Kier molecular flexibility index (Phi) is 8.13. The van der Waals surface area contributed by atoms with Gasteiger partial charge < -0.3 is 19.5 Å². The van der Waals surface area contributed by atoms with Crippen LogP contribution in [0.3, 0.4) is 0 Å². The van der Waals surface area contributed by atoms with Gasteiger partial charge in [0.15, 0.2) is 11.5 Å². The van der Waals surface area contributed by atoms with E-state index in [2.05, 4.69) is 4.90 Å². The summed E-state index contributed by atoms with van der Waals surface area (Å²) < 4.78 is 11.1. The van der Waals surface area contributed by atoms with Crippen molar-refractivity contribution in [2.24, 2.45) is 5.92 Å². The van der Waals surface area contributed by atoms with Gasteiger partial charge >= 0.3 is 0 Å². The molecular formula is C21H32N2O4. The lowest BCUT2D eigenvalue weighted by molar-refractivity contribution is -0.136. The van der Waals surface area contributed by atoms with E-state index >= 15 is 0 Å². The first-order valence-corrected chi connectivity index (χ1v) is 9.57. The van der Waals surface area contributed by atoms with Crippen molar-refractivity contribution in [1.82, 2.24) is 9.80 Å². The summed E-state index contributed by atoms with van der Waals surface area (Å²) in [5.41, 5.74) is 1.04. The number of rotatable bonds is 8. The summed E-state index contributed by atoms with van der Waals surface area (Å²) in [6.07, 6.45) is 3.36. The second-order valence-corrected chi connectivity index (χ2v) is 7.16. The minimum absolute atomic E-state index is 0.0322. The van der Waals surface area contributed by atoms with Crippen molar-refractivity contribution >= 4 is 12.0 Å². The van der Waals surface area contributed by atoms with Crippen LogP contribution in [-0.4, -0.2) is 73.4 Å². The summed E-state index contributed by atoms with van der Waals surface area (Å²) in [5.74, 6) is 1.51. The molecule has 0 radical (unpaired) electrons. The zero-order chi connectivity index (χ0) is 19.8. The molecule has 150 valence electrons. The molecule has 0 aliphatic carbocycles.